The van der Waals surface area contributed by atoms with Gasteiger partial charge in [-0.25, -0.2) is 10.3 Å². The smallest absolute Gasteiger partial charge is 0.275 e. The van der Waals surface area contributed by atoms with E-state index in [-0.39, 0.29) is 34.7 Å². The van der Waals surface area contributed by atoms with E-state index < -0.39 is 28.1 Å². The lowest BCUT2D eigenvalue weighted by Crippen LogP contribution is -2.54. The van der Waals surface area contributed by atoms with Gasteiger partial charge in [0, 0.05) is 28.7 Å². The molecular formula is C33H23BrN4O6. The molecule has 0 radical (unpaired) electrons. The number of methoxy groups -OCH3 is 1. The molecule has 0 unspecified atom stereocenters. The number of hydrazone groups is 1. The van der Waals surface area contributed by atoms with Crippen LogP contribution >= 0.6 is 15.9 Å². The summed E-state index contributed by atoms with van der Waals surface area (Å²) in [6.07, 6.45) is 1.54. The first-order valence-corrected chi connectivity index (χ1v) is 14.6. The standard InChI is InChI=1S/C33H23BrN4O6/c1-44-26-15-14-20(38(42)43)16-23(26)30(39)36-35-17-33-24-8-4-2-6-21(24)27(22-7-3-5-9-25(22)33)28-29(33)32(41)37(31(28)40)19-12-10-18(34)11-13-19/h2-17,27-29H,1H3,(H,36,39)/b35-17-/t27?,28-,29+,33?/m1/s1. The zero-order valence-corrected chi connectivity index (χ0v) is 24.7. The molecule has 10 nitrogen and oxygen atoms in total. The molecule has 4 aromatic carbocycles. The van der Waals surface area contributed by atoms with Crippen LogP contribution in [0.2, 0.25) is 0 Å². The van der Waals surface area contributed by atoms with Crippen molar-refractivity contribution < 1.29 is 24.0 Å². The van der Waals surface area contributed by atoms with Crippen LogP contribution in [0.4, 0.5) is 11.4 Å². The summed E-state index contributed by atoms with van der Waals surface area (Å²) in [6.45, 7) is 0. The van der Waals surface area contributed by atoms with E-state index in [9.17, 15) is 24.5 Å². The molecule has 0 spiro atoms. The zero-order chi connectivity index (χ0) is 30.7. The Morgan fingerprint density at radius 1 is 0.977 bits per heavy atom. The monoisotopic (exact) mass is 650 g/mol. The number of anilines is 1. The average Bonchev–Trinajstić information content (AvgIpc) is 3.31. The summed E-state index contributed by atoms with van der Waals surface area (Å²) >= 11 is 3.42. The Bertz CT molecular complexity index is 1880. The molecule has 0 saturated carbocycles. The van der Waals surface area contributed by atoms with Crippen LogP contribution in [0.1, 0.15) is 38.5 Å². The SMILES string of the molecule is COc1ccc([N+](=O)[O-])cc1C(=O)N/N=C\C12c3ccccc3C(c3ccccc31)[C@H]1C(=O)N(c3ccc(Br)cc3)C(=O)[C@H]12. The van der Waals surface area contributed by atoms with E-state index in [0.717, 1.165) is 32.8 Å². The number of halogens is 1. The maximum Gasteiger partial charge on any atom is 0.275 e. The molecule has 1 saturated heterocycles. The molecule has 11 heteroatoms. The van der Waals surface area contributed by atoms with Crippen molar-refractivity contribution in [1.82, 2.24) is 5.43 Å². The second-order valence-electron chi connectivity index (χ2n) is 10.9. The fourth-order valence-electron chi connectivity index (χ4n) is 7.13. The molecule has 8 rings (SSSR count). The van der Waals surface area contributed by atoms with Crippen molar-refractivity contribution in [2.75, 3.05) is 12.0 Å². The van der Waals surface area contributed by atoms with Crippen molar-refractivity contribution >= 4 is 51.2 Å². The summed E-state index contributed by atoms with van der Waals surface area (Å²) in [5.74, 6) is -3.11. The number of nitro benzene ring substituents is 1. The van der Waals surface area contributed by atoms with Crippen LogP contribution in [0.3, 0.4) is 0 Å². The molecular weight excluding hydrogens is 628 g/mol. The second-order valence-corrected chi connectivity index (χ2v) is 11.8. The zero-order valence-electron chi connectivity index (χ0n) is 23.1. The van der Waals surface area contributed by atoms with Crippen molar-refractivity contribution in [3.63, 3.8) is 0 Å². The average molecular weight is 651 g/mol. The molecule has 4 aromatic rings. The number of ether oxygens (including phenoxy) is 1. The van der Waals surface area contributed by atoms with Crippen molar-refractivity contribution in [1.29, 1.82) is 0 Å². The summed E-state index contributed by atoms with van der Waals surface area (Å²) in [6, 6.07) is 26.1. The molecule has 4 aliphatic rings. The van der Waals surface area contributed by atoms with Gasteiger partial charge in [-0.1, -0.05) is 64.5 Å². The number of carbonyl (C=O) groups is 3. The third-order valence-corrected chi connectivity index (χ3v) is 9.37. The lowest BCUT2D eigenvalue weighted by Gasteiger charge is -2.52. The van der Waals surface area contributed by atoms with Gasteiger partial charge < -0.3 is 4.74 Å². The number of nitro groups is 1. The lowest BCUT2D eigenvalue weighted by atomic mass is 9.47. The summed E-state index contributed by atoms with van der Waals surface area (Å²) in [7, 11) is 1.36. The molecule has 1 N–H and O–H groups in total. The highest BCUT2D eigenvalue weighted by molar-refractivity contribution is 9.10. The molecule has 3 aliphatic carbocycles. The van der Waals surface area contributed by atoms with Gasteiger partial charge in [0.2, 0.25) is 11.8 Å². The normalized spacial score (nSPS) is 22.9. The molecule has 2 bridgehead atoms. The summed E-state index contributed by atoms with van der Waals surface area (Å²) < 4.78 is 6.07. The number of nitrogens with one attached hydrogen (secondary N) is 1. The summed E-state index contributed by atoms with van der Waals surface area (Å²) in [4.78, 5) is 53.9. The van der Waals surface area contributed by atoms with E-state index >= 15 is 0 Å². The summed E-state index contributed by atoms with van der Waals surface area (Å²) in [5.41, 5.74) is 4.92. The Labute approximate surface area is 259 Å². The largest absolute Gasteiger partial charge is 0.496 e. The number of amides is 3. The van der Waals surface area contributed by atoms with E-state index in [4.69, 9.17) is 4.74 Å². The first-order valence-electron chi connectivity index (χ1n) is 13.8. The Balaban J connectivity index is 1.37. The molecule has 3 amide bonds. The number of non-ortho nitro benzene ring substituents is 1. The molecule has 44 heavy (non-hydrogen) atoms. The van der Waals surface area contributed by atoms with Crippen molar-refractivity contribution in [2.45, 2.75) is 11.3 Å². The molecule has 1 fully saturated rings. The third-order valence-electron chi connectivity index (χ3n) is 8.84. The quantitative estimate of drug-likeness (QED) is 0.130. The van der Waals surface area contributed by atoms with E-state index in [2.05, 4.69) is 26.5 Å². The van der Waals surface area contributed by atoms with Gasteiger partial charge in [0.05, 0.1) is 40.5 Å². The van der Waals surface area contributed by atoms with Crippen LogP contribution in [0.25, 0.3) is 0 Å². The minimum absolute atomic E-state index is 0.0732. The highest BCUT2D eigenvalue weighted by Crippen LogP contribution is 2.63. The number of benzene rings is 4. The Hall–Kier alpha value is -5.16. The van der Waals surface area contributed by atoms with Gasteiger partial charge in [0.25, 0.3) is 11.6 Å². The number of hydrogen-bond donors (Lipinski definition) is 1. The number of carbonyl (C=O) groups excluding carboxylic acids is 3. The van der Waals surface area contributed by atoms with Crippen molar-refractivity contribution in [2.24, 2.45) is 16.9 Å². The van der Waals surface area contributed by atoms with Gasteiger partial charge in [-0.05, 0) is 52.6 Å². The summed E-state index contributed by atoms with van der Waals surface area (Å²) in [5, 5.41) is 15.7. The highest BCUT2D eigenvalue weighted by atomic mass is 79.9. The maximum absolute atomic E-state index is 14.4. The minimum Gasteiger partial charge on any atom is -0.496 e. The number of hydrogen-bond acceptors (Lipinski definition) is 7. The van der Waals surface area contributed by atoms with E-state index in [1.165, 1.54) is 30.4 Å². The third kappa shape index (κ3) is 3.85. The van der Waals surface area contributed by atoms with E-state index in [1.54, 1.807) is 24.3 Å². The first-order chi connectivity index (χ1) is 21.3. The fourth-order valence-corrected chi connectivity index (χ4v) is 7.40. The number of imide groups is 1. The van der Waals surface area contributed by atoms with Gasteiger partial charge in [0.15, 0.2) is 0 Å². The minimum atomic E-state index is -1.19. The molecule has 2 atom stereocenters. The van der Waals surface area contributed by atoms with Gasteiger partial charge in [-0.2, -0.15) is 5.10 Å². The maximum atomic E-state index is 14.4. The predicted octanol–water partition coefficient (Wildman–Crippen LogP) is 5.33. The van der Waals surface area contributed by atoms with Crippen LogP contribution < -0.4 is 15.1 Å². The van der Waals surface area contributed by atoms with Gasteiger partial charge in [0.1, 0.15) is 5.75 Å². The second kappa shape index (κ2) is 10.2. The Morgan fingerprint density at radius 2 is 1.61 bits per heavy atom. The Kier molecular flexibility index (Phi) is 6.43. The van der Waals surface area contributed by atoms with Gasteiger partial charge in [-0.15, -0.1) is 0 Å². The molecule has 1 heterocycles. The topological polar surface area (TPSA) is 131 Å². The number of rotatable bonds is 6. The predicted molar refractivity (Wildman–Crippen MR) is 165 cm³/mol. The van der Waals surface area contributed by atoms with Crippen molar-refractivity contribution in [3.05, 3.63) is 133 Å². The fraction of sp³-hybridized carbons (Fsp3) is 0.152. The van der Waals surface area contributed by atoms with Crippen molar-refractivity contribution in [3.8, 4) is 5.75 Å². The van der Waals surface area contributed by atoms with Gasteiger partial charge >= 0.3 is 0 Å². The molecule has 1 aliphatic heterocycles. The highest BCUT2D eigenvalue weighted by Gasteiger charge is 2.68. The van der Waals surface area contributed by atoms with Crippen LogP contribution in [0.5, 0.6) is 5.75 Å². The lowest BCUT2D eigenvalue weighted by molar-refractivity contribution is -0.384. The first kappa shape index (κ1) is 27.7. The van der Waals surface area contributed by atoms with Crippen LogP contribution in [0, 0.1) is 22.0 Å². The number of nitrogens with zero attached hydrogens (tertiary/aromatic N) is 3. The van der Waals surface area contributed by atoms with Crippen LogP contribution in [-0.4, -0.2) is 36.0 Å². The molecule has 218 valence electrons. The van der Waals surface area contributed by atoms with Crippen LogP contribution in [0.15, 0.2) is 101 Å². The van der Waals surface area contributed by atoms with Gasteiger partial charge in [-0.3, -0.25) is 24.5 Å². The van der Waals surface area contributed by atoms with E-state index in [0.29, 0.717) is 5.69 Å². The molecule has 0 aromatic heterocycles. The van der Waals surface area contributed by atoms with E-state index in [1.807, 2.05) is 48.5 Å². The Morgan fingerprint density at radius 3 is 2.23 bits per heavy atom. The van der Waals surface area contributed by atoms with Crippen LogP contribution in [-0.2, 0) is 15.0 Å².